The number of nitrogens with one attached hydrogen (secondary N) is 2. The first-order valence-corrected chi connectivity index (χ1v) is 7.01. The number of hydrogen-bond donors (Lipinski definition) is 3. The van der Waals surface area contributed by atoms with Gasteiger partial charge in [-0.15, -0.1) is 0 Å². The minimum absolute atomic E-state index is 0.0123. The SMILES string of the molecule is CNC(=O)CCCOc1cccc(CCCNC(=O)O)c1. The third kappa shape index (κ3) is 7.81. The van der Waals surface area contributed by atoms with Crippen molar-refractivity contribution in [3.05, 3.63) is 29.8 Å². The zero-order valence-electron chi connectivity index (χ0n) is 12.2. The second-order valence-electron chi connectivity index (χ2n) is 4.61. The zero-order chi connectivity index (χ0) is 15.5. The number of carbonyl (C=O) groups is 2. The molecule has 6 heteroatoms. The van der Waals surface area contributed by atoms with Gasteiger partial charge in [0.2, 0.25) is 5.91 Å². The Kier molecular flexibility index (Phi) is 7.71. The maximum absolute atomic E-state index is 11.1. The van der Waals surface area contributed by atoms with Crippen LogP contribution in [0.5, 0.6) is 5.75 Å². The molecule has 6 nitrogen and oxygen atoms in total. The van der Waals surface area contributed by atoms with Gasteiger partial charge in [0.05, 0.1) is 6.61 Å². The number of carboxylic acid groups (broad SMARTS) is 1. The smallest absolute Gasteiger partial charge is 0.404 e. The second kappa shape index (κ2) is 9.63. The van der Waals surface area contributed by atoms with Crippen LogP contribution in [0, 0.1) is 0 Å². The Morgan fingerprint density at radius 3 is 2.81 bits per heavy atom. The Hall–Kier alpha value is -2.24. The first-order valence-electron chi connectivity index (χ1n) is 7.01. The number of carbonyl (C=O) groups excluding carboxylic acids is 1. The minimum Gasteiger partial charge on any atom is -0.494 e. The molecule has 2 amide bonds. The Balaban J connectivity index is 2.28. The standard InChI is InChI=1S/C15H22N2O4/c1-16-14(18)8-4-10-21-13-7-2-5-12(11-13)6-3-9-17-15(19)20/h2,5,7,11,17H,3-4,6,8-10H2,1H3,(H,16,18)(H,19,20). The molecule has 21 heavy (non-hydrogen) atoms. The number of benzene rings is 1. The van der Waals surface area contributed by atoms with Crippen LogP contribution in [0.1, 0.15) is 24.8 Å². The molecule has 0 spiro atoms. The van der Waals surface area contributed by atoms with Crippen LogP contribution in [0.2, 0.25) is 0 Å². The normalized spacial score (nSPS) is 9.95. The number of amides is 2. The number of ether oxygens (including phenoxy) is 1. The highest BCUT2D eigenvalue weighted by Gasteiger charge is 2.01. The summed E-state index contributed by atoms with van der Waals surface area (Å²) in [6, 6.07) is 7.71. The summed E-state index contributed by atoms with van der Waals surface area (Å²) in [7, 11) is 1.62. The first-order chi connectivity index (χ1) is 10.1. The molecule has 1 aromatic rings. The summed E-state index contributed by atoms with van der Waals surface area (Å²) in [6.45, 7) is 0.935. The van der Waals surface area contributed by atoms with Crippen LogP contribution in [-0.4, -0.2) is 37.3 Å². The Bertz CT molecular complexity index is 463. The lowest BCUT2D eigenvalue weighted by atomic mass is 10.1. The summed E-state index contributed by atoms with van der Waals surface area (Å²) in [5.41, 5.74) is 1.10. The molecule has 0 aliphatic heterocycles. The van der Waals surface area contributed by atoms with Gasteiger partial charge in [0.1, 0.15) is 5.75 Å². The highest BCUT2D eigenvalue weighted by atomic mass is 16.5. The Morgan fingerprint density at radius 2 is 2.10 bits per heavy atom. The second-order valence-corrected chi connectivity index (χ2v) is 4.61. The Labute approximate surface area is 124 Å². The molecule has 0 unspecified atom stereocenters. The van der Waals surface area contributed by atoms with Crippen LogP contribution in [0.25, 0.3) is 0 Å². The molecule has 0 atom stereocenters. The van der Waals surface area contributed by atoms with E-state index in [1.807, 2.05) is 24.3 Å². The maximum Gasteiger partial charge on any atom is 0.404 e. The maximum atomic E-state index is 11.1. The van der Waals surface area contributed by atoms with E-state index in [4.69, 9.17) is 9.84 Å². The van der Waals surface area contributed by atoms with Gasteiger partial charge in [0, 0.05) is 20.0 Å². The predicted octanol–water partition coefficient (Wildman–Crippen LogP) is 1.79. The molecule has 0 saturated heterocycles. The van der Waals surface area contributed by atoms with Crippen molar-refractivity contribution in [2.75, 3.05) is 20.2 Å². The zero-order valence-corrected chi connectivity index (χ0v) is 12.2. The van der Waals surface area contributed by atoms with E-state index in [0.29, 0.717) is 26.0 Å². The predicted molar refractivity (Wildman–Crippen MR) is 79.6 cm³/mol. The molecule has 0 bridgehead atoms. The van der Waals surface area contributed by atoms with Crippen LogP contribution in [0.3, 0.4) is 0 Å². The largest absolute Gasteiger partial charge is 0.494 e. The van der Waals surface area contributed by atoms with E-state index >= 15 is 0 Å². The molecule has 0 aliphatic rings. The van der Waals surface area contributed by atoms with Crippen molar-refractivity contribution in [1.82, 2.24) is 10.6 Å². The molecule has 116 valence electrons. The van der Waals surface area contributed by atoms with E-state index in [1.165, 1.54) is 0 Å². The van der Waals surface area contributed by atoms with Gasteiger partial charge in [-0.3, -0.25) is 4.79 Å². The van der Waals surface area contributed by atoms with Gasteiger partial charge in [0.15, 0.2) is 0 Å². The van der Waals surface area contributed by atoms with Crippen LogP contribution in [-0.2, 0) is 11.2 Å². The van der Waals surface area contributed by atoms with Crippen molar-refractivity contribution in [1.29, 1.82) is 0 Å². The fraction of sp³-hybridized carbons (Fsp3) is 0.467. The molecule has 0 aromatic heterocycles. The van der Waals surface area contributed by atoms with Gasteiger partial charge in [-0.2, -0.15) is 0 Å². The van der Waals surface area contributed by atoms with E-state index in [1.54, 1.807) is 7.05 Å². The van der Waals surface area contributed by atoms with Crippen LogP contribution in [0.4, 0.5) is 4.79 Å². The van der Waals surface area contributed by atoms with Gasteiger partial charge < -0.3 is 20.5 Å². The number of hydrogen-bond acceptors (Lipinski definition) is 3. The molecule has 0 fully saturated rings. The average molecular weight is 294 g/mol. The van der Waals surface area contributed by atoms with Gasteiger partial charge in [0.25, 0.3) is 0 Å². The van der Waals surface area contributed by atoms with Crippen molar-refractivity contribution in [2.24, 2.45) is 0 Å². The fourth-order valence-electron chi connectivity index (χ4n) is 1.83. The molecule has 0 aliphatic carbocycles. The van der Waals surface area contributed by atoms with E-state index in [2.05, 4.69) is 10.6 Å². The monoisotopic (exact) mass is 294 g/mol. The summed E-state index contributed by atoms with van der Waals surface area (Å²) >= 11 is 0. The molecule has 0 radical (unpaired) electrons. The molecule has 0 saturated carbocycles. The summed E-state index contributed by atoms with van der Waals surface area (Å²) in [5.74, 6) is 0.786. The van der Waals surface area contributed by atoms with Gasteiger partial charge in [-0.25, -0.2) is 4.79 Å². The topological polar surface area (TPSA) is 87.7 Å². The molecular formula is C15H22N2O4. The highest BCUT2D eigenvalue weighted by Crippen LogP contribution is 2.15. The third-order valence-electron chi connectivity index (χ3n) is 2.91. The Morgan fingerprint density at radius 1 is 1.29 bits per heavy atom. The fourth-order valence-corrected chi connectivity index (χ4v) is 1.83. The van der Waals surface area contributed by atoms with Crippen LogP contribution in [0.15, 0.2) is 24.3 Å². The van der Waals surface area contributed by atoms with E-state index in [-0.39, 0.29) is 5.91 Å². The van der Waals surface area contributed by atoms with E-state index < -0.39 is 6.09 Å². The quantitative estimate of drug-likeness (QED) is 0.606. The molecule has 1 aromatic carbocycles. The van der Waals surface area contributed by atoms with E-state index in [0.717, 1.165) is 24.2 Å². The summed E-state index contributed by atoms with van der Waals surface area (Å²) in [4.78, 5) is 21.4. The minimum atomic E-state index is -0.997. The number of rotatable bonds is 9. The lowest BCUT2D eigenvalue weighted by Crippen LogP contribution is -2.22. The lowest BCUT2D eigenvalue weighted by Gasteiger charge is -2.08. The van der Waals surface area contributed by atoms with Crippen molar-refractivity contribution < 1.29 is 19.4 Å². The molecular weight excluding hydrogens is 272 g/mol. The average Bonchev–Trinajstić information content (AvgIpc) is 2.48. The molecule has 0 heterocycles. The third-order valence-corrected chi connectivity index (χ3v) is 2.91. The van der Waals surface area contributed by atoms with Gasteiger partial charge in [-0.1, -0.05) is 12.1 Å². The number of aryl methyl sites for hydroxylation is 1. The summed E-state index contributed by atoms with van der Waals surface area (Å²) < 4.78 is 5.60. The van der Waals surface area contributed by atoms with Gasteiger partial charge in [-0.05, 0) is 37.0 Å². The van der Waals surface area contributed by atoms with Crippen molar-refractivity contribution >= 4 is 12.0 Å². The lowest BCUT2D eigenvalue weighted by molar-refractivity contribution is -0.120. The molecule has 3 N–H and O–H groups in total. The van der Waals surface area contributed by atoms with Crippen LogP contribution >= 0.6 is 0 Å². The van der Waals surface area contributed by atoms with Gasteiger partial charge >= 0.3 is 6.09 Å². The van der Waals surface area contributed by atoms with Crippen molar-refractivity contribution in [3.8, 4) is 5.75 Å². The van der Waals surface area contributed by atoms with E-state index in [9.17, 15) is 9.59 Å². The highest BCUT2D eigenvalue weighted by molar-refractivity contribution is 5.75. The van der Waals surface area contributed by atoms with Crippen LogP contribution < -0.4 is 15.4 Å². The summed E-state index contributed by atoms with van der Waals surface area (Å²) in [5, 5.41) is 13.4. The summed E-state index contributed by atoms with van der Waals surface area (Å²) in [6.07, 6.45) is 1.66. The molecule has 1 rings (SSSR count). The van der Waals surface area contributed by atoms with Crippen molar-refractivity contribution in [2.45, 2.75) is 25.7 Å². The first kappa shape index (κ1) is 16.8. The van der Waals surface area contributed by atoms with Crippen molar-refractivity contribution in [3.63, 3.8) is 0 Å².